The SMILES string of the molecule is O=C(N(CNCc1c2ccccc2nc2ccccc12)c1c2ccccc2nc2ccccc12)C(F)(F)F. The second-order valence-electron chi connectivity index (χ2n) is 8.94. The Hall–Kier alpha value is -4.56. The summed E-state index contributed by atoms with van der Waals surface area (Å²) < 4.78 is 41.7. The third kappa shape index (κ3) is 4.18. The molecule has 0 fully saturated rings. The highest BCUT2D eigenvalue weighted by atomic mass is 19.4. The molecule has 0 aliphatic rings. The van der Waals surface area contributed by atoms with Crippen molar-refractivity contribution >= 4 is 55.2 Å². The Morgan fingerprint density at radius 3 is 1.50 bits per heavy atom. The van der Waals surface area contributed by atoms with Crippen LogP contribution in [0.2, 0.25) is 0 Å². The molecule has 0 saturated heterocycles. The van der Waals surface area contributed by atoms with E-state index in [1.165, 1.54) is 0 Å². The summed E-state index contributed by atoms with van der Waals surface area (Å²) in [4.78, 5) is 22.9. The summed E-state index contributed by atoms with van der Waals surface area (Å²) in [7, 11) is 0. The number of nitrogens with one attached hydrogen (secondary N) is 1. The molecule has 0 unspecified atom stereocenters. The van der Waals surface area contributed by atoms with Gasteiger partial charge in [-0.15, -0.1) is 0 Å². The standard InChI is InChI=1S/C30H21F3N4O/c31-30(32,33)29(38)37(28-21-11-3-7-15-26(21)36-27-16-8-4-12-22(27)28)18-34-17-23-19-9-1-5-13-24(19)35-25-14-6-2-10-20(23)25/h1-16,34H,17-18H2. The first kappa shape index (κ1) is 23.8. The maximum atomic E-state index is 13.9. The van der Waals surface area contributed by atoms with Crippen LogP contribution in [0.1, 0.15) is 5.56 Å². The number of nitrogens with zero attached hydrogens (tertiary/aromatic N) is 3. The highest BCUT2D eigenvalue weighted by Crippen LogP contribution is 2.36. The highest BCUT2D eigenvalue weighted by molar-refractivity contribution is 6.14. The van der Waals surface area contributed by atoms with Crippen molar-refractivity contribution in [1.82, 2.24) is 15.3 Å². The fraction of sp³-hybridized carbons (Fsp3) is 0.100. The zero-order valence-corrected chi connectivity index (χ0v) is 20.0. The van der Waals surface area contributed by atoms with E-state index in [0.717, 1.165) is 32.3 Å². The Bertz CT molecular complexity index is 1730. The molecular formula is C30H21F3N4O. The average molecular weight is 511 g/mol. The lowest BCUT2D eigenvalue weighted by atomic mass is 10.0. The number of fused-ring (bicyclic) bond motifs is 4. The number of para-hydroxylation sites is 4. The monoisotopic (exact) mass is 510 g/mol. The predicted octanol–water partition coefficient (Wildman–Crippen LogP) is 6.73. The van der Waals surface area contributed by atoms with Gasteiger partial charge in [0.15, 0.2) is 0 Å². The summed E-state index contributed by atoms with van der Waals surface area (Å²) in [5.41, 5.74) is 3.66. The minimum atomic E-state index is -5.07. The van der Waals surface area contributed by atoms with Crippen molar-refractivity contribution in [3.05, 3.63) is 103 Å². The van der Waals surface area contributed by atoms with E-state index in [-0.39, 0.29) is 18.9 Å². The quantitative estimate of drug-likeness (QED) is 0.206. The Kier molecular flexibility index (Phi) is 5.88. The lowest BCUT2D eigenvalue weighted by molar-refractivity contribution is -0.170. The van der Waals surface area contributed by atoms with Gasteiger partial charge in [0.05, 0.1) is 34.4 Å². The molecule has 6 rings (SSSR count). The largest absolute Gasteiger partial charge is 0.471 e. The highest BCUT2D eigenvalue weighted by Gasteiger charge is 2.43. The van der Waals surface area contributed by atoms with Crippen LogP contribution in [0.3, 0.4) is 0 Å². The predicted molar refractivity (Wildman–Crippen MR) is 144 cm³/mol. The average Bonchev–Trinajstić information content (AvgIpc) is 2.93. The van der Waals surface area contributed by atoms with Gasteiger partial charge in [-0.2, -0.15) is 13.2 Å². The number of rotatable bonds is 5. The molecule has 2 heterocycles. The lowest BCUT2D eigenvalue weighted by Gasteiger charge is -2.27. The summed E-state index contributed by atoms with van der Waals surface area (Å²) in [6.45, 7) is -0.131. The van der Waals surface area contributed by atoms with Crippen molar-refractivity contribution in [2.24, 2.45) is 0 Å². The molecular weight excluding hydrogens is 489 g/mol. The molecule has 4 aromatic carbocycles. The Labute approximate surface area is 215 Å². The van der Waals surface area contributed by atoms with E-state index >= 15 is 0 Å². The van der Waals surface area contributed by atoms with Crippen molar-refractivity contribution in [3.63, 3.8) is 0 Å². The van der Waals surface area contributed by atoms with Crippen LogP contribution in [0.15, 0.2) is 97.1 Å². The minimum Gasteiger partial charge on any atom is -0.295 e. The molecule has 5 nitrogen and oxygen atoms in total. The van der Waals surface area contributed by atoms with E-state index in [0.29, 0.717) is 21.8 Å². The maximum absolute atomic E-state index is 13.9. The van der Waals surface area contributed by atoms with Gasteiger partial charge >= 0.3 is 12.1 Å². The molecule has 188 valence electrons. The number of carbonyl (C=O) groups excluding carboxylic acids is 1. The molecule has 0 aliphatic carbocycles. The number of carbonyl (C=O) groups is 1. The second kappa shape index (κ2) is 9.39. The first-order chi connectivity index (χ1) is 18.4. The molecule has 2 aromatic heterocycles. The molecule has 0 radical (unpaired) electrons. The Morgan fingerprint density at radius 2 is 1.05 bits per heavy atom. The zero-order chi connectivity index (χ0) is 26.3. The van der Waals surface area contributed by atoms with Crippen LogP contribution in [0.5, 0.6) is 0 Å². The number of amides is 1. The normalized spacial score (nSPS) is 12.0. The molecule has 6 aromatic rings. The van der Waals surface area contributed by atoms with Crippen LogP contribution in [0, 0.1) is 0 Å². The summed E-state index contributed by atoms with van der Waals surface area (Å²) in [5, 5.41) is 5.84. The number of benzene rings is 4. The van der Waals surface area contributed by atoms with Gasteiger partial charge in [-0.05, 0) is 29.8 Å². The van der Waals surface area contributed by atoms with Gasteiger partial charge in [0.25, 0.3) is 0 Å². The van der Waals surface area contributed by atoms with Crippen LogP contribution in [0.25, 0.3) is 43.6 Å². The summed E-state index contributed by atoms with van der Waals surface area (Å²) in [6, 6.07) is 29.1. The summed E-state index contributed by atoms with van der Waals surface area (Å²) in [5.74, 6) is -1.95. The van der Waals surface area contributed by atoms with Gasteiger partial charge in [-0.1, -0.05) is 72.8 Å². The first-order valence-corrected chi connectivity index (χ1v) is 12.0. The van der Waals surface area contributed by atoms with Crippen LogP contribution in [-0.2, 0) is 11.3 Å². The number of pyridine rings is 2. The second-order valence-corrected chi connectivity index (χ2v) is 8.94. The van der Waals surface area contributed by atoms with Crippen molar-refractivity contribution < 1.29 is 18.0 Å². The number of alkyl halides is 3. The lowest BCUT2D eigenvalue weighted by Crippen LogP contribution is -2.46. The topological polar surface area (TPSA) is 58.1 Å². The van der Waals surface area contributed by atoms with Gasteiger partial charge in [0, 0.05) is 28.1 Å². The minimum absolute atomic E-state index is 0.172. The molecule has 0 bridgehead atoms. The van der Waals surface area contributed by atoms with Gasteiger partial charge in [-0.25, -0.2) is 9.97 Å². The summed E-state index contributed by atoms with van der Waals surface area (Å²) >= 11 is 0. The first-order valence-electron chi connectivity index (χ1n) is 12.0. The fourth-order valence-corrected chi connectivity index (χ4v) is 4.92. The van der Waals surface area contributed by atoms with Gasteiger partial charge in [-0.3, -0.25) is 15.0 Å². The molecule has 38 heavy (non-hydrogen) atoms. The maximum Gasteiger partial charge on any atom is 0.471 e. The van der Waals surface area contributed by atoms with E-state index in [2.05, 4.69) is 10.3 Å². The van der Waals surface area contributed by atoms with Crippen LogP contribution >= 0.6 is 0 Å². The third-order valence-corrected chi connectivity index (χ3v) is 6.59. The van der Waals surface area contributed by atoms with Crippen LogP contribution < -0.4 is 10.2 Å². The van der Waals surface area contributed by atoms with Crippen molar-refractivity contribution in [3.8, 4) is 0 Å². The number of aromatic nitrogens is 2. The number of anilines is 1. The molecule has 0 spiro atoms. The van der Waals surface area contributed by atoms with Crippen molar-refractivity contribution in [2.75, 3.05) is 11.6 Å². The van der Waals surface area contributed by atoms with Crippen LogP contribution in [0.4, 0.5) is 18.9 Å². The van der Waals surface area contributed by atoms with E-state index < -0.39 is 12.1 Å². The van der Waals surface area contributed by atoms with Crippen molar-refractivity contribution in [1.29, 1.82) is 0 Å². The molecule has 0 aliphatic heterocycles. The molecule has 0 atom stereocenters. The molecule has 1 amide bonds. The number of hydrogen-bond donors (Lipinski definition) is 1. The van der Waals surface area contributed by atoms with Crippen LogP contribution in [-0.4, -0.2) is 28.7 Å². The number of hydrogen-bond acceptors (Lipinski definition) is 4. The van der Waals surface area contributed by atoms with Gasteiger partial charge in [0.1, 0.15) is 0 Å². The fourth-order valence-electron chi connectivity index (χ4n) is 4.92. The Morgan fingerprint density at radius 1 is 0.658 bits per heavy atom. The smallest absolute Gasteiger partial charge is 0.295 e. The zero-order valence-electron chi connectivity index (χ0n) is 20.0. The van der Waals surface area contributed by atoms with Crippen molar-refractivity contribution in [2.45, 2.75) is 12.7 Å². The Balaban J connectivity index is 1.45. The van der Waals surface area contributed by atoms with Gasteiger partial charge < -0.3 is 0 Å². The molecule has 0 saturated carbocycles. The summed E-state index contributed by atoms with van der Waals surface area (Å²) in [6.07, 6.45) is -5.07. The third-order valence-electron chi connectivity index (χ3n) is 6.59. The van der Waals surface area contributed by atoms with E-state index in [1.54, 1.807) is 48.5 Å². The molecule has 8 heteroatoms. The molecule has 1 N–H and O–H groups in total. The van der Waals surface area contributed by atoms with E-state index in [4.69, 9.17) is 4.98 Å². The van der Waals surface area contributed by atoms with E-state index in [1.807, 2.05) is 48.5 Å². The number of halogens is 3. The van der Waals surface area contributed by atoms with Gasteiger partial charge in [0.2, 0.25) is 0 Å². The van der Waals surface area contributed by atoms with E-state index in [9.17, 15) is 18.0 Å².